The van der Waals surface area contributed by atoms with Gasteiger partial charge in [-0.2, -0.15) is 0 Å². The Balaban J connectivity index is 1.78. The van der Waals surface area contributed by atoms with Crippen molar-refractivity contribution in [1.82, 2.24) is 14.5 Å². The largest absolute Gasteiger partial charge is 0.370 e. The number of benzene rings is 1. The van der Waals surface area contributed by atoms with Crippen molar-refractivity contribution < 1.29 is 13.9 Å². The minimum absolute atomic E-state index is 0.185. The van der Waals surface area contributed by atoms with E-state index in [9.17, 15) is 9.18 Å². The van der Waals surface area contributed by atoms with E-state index < -0.39 is 5.82 Å². The number of hydrogen-bond acceptors (Lipinski definition) is 5. The van der Waals surface area contributed by atoms with Gasteiger partial charge >= 0.3 is 0 Å². The Morgan fingerprint density at radius 2 is 2.38 bits per heavy atom. The molecule has 5 nitrogen and oxygen atoms in total. The van der Waals surface area contributed by atoms with E-state index in [1.165, 1.54) is 12.1 Å². The molecular weight excluding hydrogens is 317 g/mol. The molecule has 1 fully saturated rings. The summed E-state index contributed by atoms with van der Waals surface area (Å²) in [5.74, 6) is -0.587. The SMILES string of the molecule is O=C(c1csnn1)N1CCOC(c2ccc(F)cc2Cl)C1. The van der Waals surface area contributed by atoms with E-state index in [-0.39, 0.29) is 12.0 Å². The number of amides is 1. The third-order valence-electron chi connectivity index (χ3n) is 3.24. The van der Waals surface area contributed by atoms with Gasteiger partial charge in [-0.1, -0.05) is 22.2 Å². The van der Waals surface area contributed by atoms with Crippen LogP contribution in [0.3, 0.4) is 0 Å². The summed E-state index contributed by atoms with van der Waals surface area (Å²) in [6.07, 6.45) is -0.373. The number of aromatic nitrogens is 2. The summed E-state index contributed by atoms with van der Waals surface area (Å²) in [6, 6.07) is 4.15. The molecule has 0 radical (unpaired) electrons. The molecule has 3 rings (SSSR count). The van der Waals surface area contributed by atoms with Crippen LogP contribution in [0.1, 0.15) is 22.2 Å². The lowest BCUT2D eigenvalue weighted by Gasteiger charge is -2.33. The fourth-order valence-corrected chi connectivity index (χ4v) is 2.92. The molecule has 8 heteroatoms. The molecule has 2 heterocycles. The molecule has 110 valence electrons. The second-order valence-electron chi connectivity index (χ2n) is 4.57. The van der Waals surface area contributed by atoms with Crippen LogP contribution in [0.5, 0.6) is 0 Å². The number of carbonyl (C=O) groups excluding carboxylic acids is 1. The molecule has 2 aromatic rings. The predicted molar refractivity (Wildman–Crippen MR) is 75.9 cm³/mol. The van der Waals surface area contributed by atoms with Crippen LogP contribution in [-0.2, 0) is 4.74 Å². The highest BCUT2D eigenvalue weighted by Crippen LogP contribution is 2.29. The van der Waals surface area contributed by atoms with Crippen molar-refractivity contribution in [2.75, 3.05) is 19.7 Å². The van der Waals surface area contributed by atoms with Crippen molar-refractivity contribution in [3.05, 3.63) is 45.7 Å². The molecular formula is C13H11ClFN3O2S. The van der Waals surface area contributed by atoms with Crippen molar-refractivity contribution in [1.29, 1.82) is 0 Å². The first-order valence-electron chi connectivity index (χ1n) is 6.28. The van der Waals surface area contributed by atoms with Crippen LogP contribution in [-0.4, -0.2) is 40.1 Å². The van der Waals surface area contributed by atoms with E-state index in [4.69, 9.17) is 16.3 Å². The van der Waals surface area contributed by atoms with Crippen LogP contribution < -0.4 is 0 Å². The molecule has 1 amide bonds. The lowest BCUT2D eigenvalue weighted by molar-refractivity contribution is -0.0230. The standard InChI is InChI=1S/C13H11ClFN3O2S/c14-10-5-8(15)1-2-9(10)12-6-18(3-4-20-12)13(19)11-7-21-17-16-11/h1-2,5,7,12H,3-4,6H2. The fourth-order valence-electron chi connectivity index (χ4n) is 2.20. The number of carbonyl (C=O) groups is 1. The number of ether oxygens (including phenoxy) is 1. The summed E-state index contributed by atoms with van der Waals surface area (Å²) in [6.45, 7) is 1.22. The monoisotopic (exact) mass is 327 g/mol. The van der Waals surface area contributed by atoms with E-state index in [1.54, 1.807) is 16.3 Å². The average Bonchev–Trinajstić information content (AvgIpc) is 3.01. The molecule has 0 bridgehead atoms. The average molecular weight is 328 g/mol. The van der Waals surface area contributed by atoms with E-state index in [0.29, 0.717) is 36.0 Å². The van der Waals surface area contributed by atoms with Crippen LogP contribution >= 0.6 is 23.1 Å². The van der Waals surface area contributed by atoms with Gasteiger partial charge in [0.15, 0.2) is 5.69 Å². The lowest BCUT2D eigenvalue weighted by atomic mass is 10.1. The zero-order valence-electron chi connectivity index (χ0n) is 10.8. The number of halogens is 2. The normalized spacial score (nSPS) is 18.8. The summed E-state index contributed by atoms with van der Waals surface area (Å²) in [5, 5.41) is 5.68. The van der Waals surface area contributed by atoms with Crippen LogP contribution in [0.15, 0.2) is 23.6 Å². The van der Waals surface area contributed by atoms with E-state index in [1.807, 2.05) is 0 Å². The van der Waals surface area contributed by atoms with E-state index in [0.717, 1.165) is 11.5 Å². The molecule has 0 aliphatic carbocycles. The summed E-state index contributed by atoms with van der Waals surface area (Å²) < 4.78 is 22.4. The van der Waals surface area contributed by atoms with Gasteiger partial charge < -0.3 is 9.64 Å². The molecule has 0 saturated carbocycles. The molecule has 1 aliphatic heterocycles. The highest BCUT2D eigenvalue weighted by atomic mass is 35.5. The van der Waals surface area contributed by atoms with Crippen molar-refractivity contribution in [2.45, 2.75) is 6.10 Å². The minimum atomic E-state index is -0.402. The third-order valence-corrected chi connectivity index (χ3v) is 4.07. The molecule has 1 unspecified atom stereocenters. The maximum Gasteiger partial charge on any atom is 0.275 e. The number of hydrogen-bond donors (Lipinski definition) is 0. The highest BCUT2D eigenvalue weighted by Gasteiger charge is 2.28. The zero-order valence-corrected chi connectivity index (χ0v) is 12.4. The van der Waals surface area contributed by atoms with Gasteiger partial charge in [0.1, 0.15) is 11.9 Å². The van der Waals surface area contributed by atoms with E-state index in [2.05, 4.69) is 9.59 Å². The first-order chi connectivity index (χ1) is 10.1. The van der Waals surface area contributed by atoms with Gasteiger partial charge in [0, 0.05) is 22.5 Å². The van der Waals surface area contributed by atoms with Crippen LogP contribution in [0, 0.1) is 5.82 Å². The summed E-state index contributed by atoms with van der Waals surface area (Å²) in [7, 11) is 0. The van der Waals surface area contributed by atoms with Crippen LogP contribution in [0.25, 0.3) is 0 Å². The van der Waals surface area contributed by atoms with Crippen LogP contribution in [0.4, 0.5) is 4.39 Å². The summed E-state index contributed by atoms with van der Waals surface area (Å²) in [5.41, 5.74) is 0.998. The molecule has 1 aliphatic rings. The van der Waals surface area contributed by atoms with Crippen molar-refractivity contribution in [3.63, 3.8) is 0 Å². The Bertz CT molecular complexity index is 653. The van der Waals surface area contributed by atoms with Gasteiger partial charge in [-0.05, 0) is 23.7 Å². The molecule has 1 aromatic carbocycles. The smallest absolute Gasteiger partial charge is 0.275 e. The topological polar surface area (TPSA) is 55.3 Å². The van der Waals surface area contributed by atoms with Crippen molar-refractivity contribution >= 4 is 29.0 Å². The van der Waals surface area contributed by atoms with Gasteiger partial charge in [-0.25, -0.2) is 4.39 Å². The molecule has 1 saturated heterocycles. The first-order valence-corrected chi connectivity index (χ1v) is 7.49. The Kier molecular flexibility index (Phi) is 4.14. The predicted octanol–water partition coefficient (Wildman–Crippen LogP) is 2.54. The third kappa shape index (κ3) is 3.04. The molecule has 1 aromatic heterocycles. The van der Waals surface area contributed by atoms with Gasteiger partial charge in [-0.3, -0.25) is 4.79 Å². The Morgan fingerprint density at radius 3 is 3.10 bits per heavy atom. The lowest BCUT2D eigenvalue weighted by Crippen LogP contribution is -2.42. The van der Waals surface area contributed by atoms with E-state index >= 15 is 0 Å². The maximum absolute atomic E-state index is 13.1. The molecule has 0 spiro atoms. The molecule has 1 atom stereocenters. The second-order valence-corrected chi connectivity index (χ2v) is 5.58. The first kappa shape index (κ1) is 14.4. The Morgan fingerprint density at radius 1 is 1.52 bits per heavy atom. The summed E-state index contributed by atoms with van der Waals surface area (Å²) in [4.78, 5) is 13.9. The molecule has 0 N–H and O–H groups in total. The van der Waals surface area contributed by atoms with Gasteiger partial charge in [0.2, 0.25) is 0 Å². The zero-order chi connectivity index (χ0) is 14.8. The van der Waals surface area contributed by atoms with Crippen LogP contribution in [0.2, 0.25) is 5.02 Å². The molecule has 21 heavy (non-hydrogen) atoms. The maximum atomic E-state index is 13.1. The Hall–Kier alpha value is -1.57. The van der Waals surface area contributed by atoms with Gasteiger partial charge in [-0.15, -0.1) is 5.10 Å². The number of rotatable bonds is 2. The number of morpholine rings is 1. The fraction of sp³-hybridized carbons (Fsp3) is 0.308. The second kappa shape index (κ2) is 6.05. The Labute approximate surface area is 129 Å². The summed E-state index contributed by atoms with van der Waals surface area (Å²) >= 11 is 7.18. The quantitative estimate of drug-likeness (QED) is 0.850. The van der Waals surface area contributed by atoms with Gasteiger partial charge in [0.05, 0.1) is 13.2 Å². The van der Waals surface area contributed by atoms with Crippen molar-refractivity contribution in [2.24, 2.45) is 0 Å². The highest BCUT2D eigenvalue weighted by molar-refractivity contribution is 7.03. The number of nitrogens with zero attached hydrogens (tertiary/aromatic N) is 3. The minimum Gasteiger partial charge on any atom is -0.370 e. The van der Waals surface area contributed by atoms with Gasteiger partial charge in [0.25, 0.3) is 5.91 Å². The van der Waals surface area contributed by atoms with Crippen molar-refractivity contribution in [3.8, 4) is 0 Å².